The fourth-order valence-electron chi connectivity index (χ4n) is 4.31. The number of likely N-dealkylation sites (tertiary alicyclic amines) is 1. The third kappa shape index (κ3) is 5.04. The number of aryl methyl sites for hydroxylation is 1. The Labute approximate surface area is 181 Å². The van der Waals surface area contributed by atoms with E-state index in [1.165, 1.54) is 5.56 Å². The smallest absolute Gasteiger partial charge is 0.257 e. The lowest BCUT2D eigenvalue weighted by Gasteiger charge is -2.29. The van der Waals surface area contributed by atoms with Crippen LogP contribution in [0.15, 0.2) is 24.3 Å². The van der Waals surface area contributed by atoms with Crippen LogP contribution in [0.2, 0.25) is 0 Å². The summed E-state index contributed by atoms with van der Waals surface area (Å²) in [5.41, 5.74) is 3.55. The van der Waals surface area contributed by atoms with Gasteiger partial charge in [-0.2, -0.15) is 0 Å². The molecule has 30 heavy (non-hydrogen) atoms. The van der Waals surface area contributed by atoms with Crippen LogP contribution in [0.1, 0.15) is 58.1 Å². The van der Waals surface area contributed by atoms with Crippen LogP contribution < -0.4 is 14.2 Å². The average Bonchev–Trinajstić information content (AvgIpc) is 3.08. The van der Waals surface area contributed by atoms with Gasteiger partial charge in [-0.1, -0.05) is 21.8 Å². The number of fused-ring (bicyclic) bond motifs is 1. The van der Waals surface area contributed by atoms with Gasteiger partial charge in [0.05, 0.1) is 12.8 Å². The van der Waals surface area contributed by atoms with Crippen LogP contribution in [0.4, 0.5) is 0 Å². The number of hydrogen-bond donors (Lipinski definition) is 0. The van der Waals surface area contributed by atoms with Gasteiger partial charge in [0, 0.05) is 24.3 Å². The average molecular weight is 416 g/mol. The highest BCUT2D eigenvalue weighted by atomic mass is 16.6. The summed E-state index contributed by atoms with van der Waals surface area (Å²) in [6.45, 7) is 9.87. The fourth-order valence-corrected chi connectivity index (χ4v) is 4.31. The summed E-state index contributed by atoms with van der Waals surface area (Å²) in [5, 5.41) is 0. The second kappa shape index (κ2) is 9.65. The van der Waals surface area contributed by atoms with Crippen molar-refractivity contribution in [2.75, 3.05) is 33.4 Å². The van der Waals surface area contributed by atoms with E-state index in [0.29, 0.717) is 25.0 Å². The highest BCUT2D eigenvalue weighted by Crippen LogP contribution is 2.39. The zero-order valence-corrected chi connectivity index (χ0v) is 17.2. The molecule has 0 aromatic carbocycles. The minimum atomic E-state index is 0. The maximum Gasteiger partial charge on any atom is 0.257 e. The van der Waals surface area contributed by atoms with Crippen molar-refractivity contribution in [2.24, 2.45) is 5.41 Å². The van der Waals surface area contributed by atoms with E-state index < -0.39 is 0 Å². The van der Waals surface area contributed by atoms with Crippen molar-refractivity contribution >= 4 is 0 Å². The molecule has 0 aliphatic carbocycles. The fraction of sp³-hybridized carbons (Fsp3) is 0.583. The summed E-state index contributed by atoms with van der Waals surface area (Å²) in [7, 11) is 1.67. The third-order valence-corrected chi connectivity index (χ3v) is 5.82. The number of hydrogen-bond acceptors (Lipinski definition) is 6. The van der Waals surface area contributed by atoms with Crippen LogP contribution in [0.5, 0.6) is 17.5 Å². The van der Waals surface area contributed by atoms with E-state index in [1.54, 1.807) is 7.11 Å². The summed E-state index contributed by atoms with van der Waals surface area (Å²) in [5.74, 6) is 2.06. The van der Waals surface area contributed by atoms with E-state index in [1.807, 2.05) is 13.0 Å². The highest BCUT2D eigenvalue weighted by Gasteiger charge is 2.36. The second-order valence-corrected chi connectivity index (χ2v) is 8.28. The van der Waals surface area contributed by atoms with Gasteiger partial charge in [0.15, 0.2) is 5.75 Å². The molecule has 166 valence electrons. The molecule has 0 spiro atoms. The molecule has 0 bridgehead atoms. The summed E-state index contributed by atoms with van der Waals surface area (Å²) in [6, 6.07) is 8.51. The van der Waals surface area contributed by atoms with Crippen molar-refractivity contribution in [3.05, 3.63) is 41.2 Å². The standard InChI is InChI=1S/C22H29N3O3.2CH4/c1-15-11-17(12-20(23-15)26-4)13-22(3)7-8-25(14-22)16(2)18-5-6-19-21(24-18)28-10-9-27-19;;/h5-6,11-12,16H,7-10,13-14H2,1-4H3;2*1H4/t16-,22-;;/m0../s1. The SMILES string of the molecule is C.C.COc1cc(C[C@]2(C)CCN([C@@H](C)c3ccc4c(n3)OCCO4)C2)cc(C)n1. The van der Waals surface area contributed by atoms with Crippen molar-refractivity contribution in [2.45, 2.75) is 54.5 Å². The Hall–Kier alpha value is -2.34. The zero-order chi connectivity index (χ0) is 19.7. The molecule has 2 aromatic heterocycles. The number of ether oxygens (including phenoxy) is 3. The van der Waals surface area contributed by atoms with Crippen LogP contribution in [-0.4, -0.2) is 48.3 Å². The molecule has 1 saturated heterocycles. The van der Waals surface area contributed by atoms with Crippen molar-refractivity contribution in [3.8, 4) is 17.5 Å². The first kappa shape index (κ1) is 23.9. The van der Waals surface area contributed by atoms with Gasteiger partial charge in [-0.25, -0.2) is 9.97 Å². The Bertz CT molecular complexity index is 858. The summed E-state index contributed by atoms with van der Waals surface area (Å²) in [4.78, 5) is 11.6. The first-order valence-corrected chi connectivity index (χ1v) is 9.98. The molecule has 2 aliphatic rings. The number of nitrogens with zero attached hydrogens (tertiary/aromatic N) is 3. The second-order valence-electron chi connectivity index (χ2n) is 8.28. The molecule has 0 unspecified atom stereocenters. The maximum absolute atomic E-state index is 5.66. The molecule has 1 fully saturated rings. The molecular weight excluding hydrogens is 378 g/mol. The normalized spacial score (nSPS) is 21.3. The Morgan fingerprint density at radius 2 is 1.93 bits per heavy atom. The molecule has 2 aromatic rings. The Balaban J connectivity index is 0.00000160. The minimum absolute atomic E-state index is 0. The van der Waals surface area contributed by atoms with E-state index in [0.717, 1.165) is 43.1 Å². The molecular formula is C24H37N3O3. The maximum atomic E-state index is 5.66. The van der Waals surface area contributed by atoms with Crippen LogP contribution >= 0.6 is 0 Å². The molecule has 0 saturated carbocycles. The molecule has 6 nitrogen and oxygen atoms in total. The molecule has 2 aliphatic heterocycles. The summed E-state index contributed by atoms with van der Waals surface area (Å²) >= 11 is 0. The number of pyridine rings is 2. The number of methoxy groups -OCH3 is 1. The summed E-state index contributed by atoms with van der Waals surface area (Å²) in [6.07, 6.45) is 2.18. The lowest BCUT2D eigenvalue weighted by molar-refractivity contribution is 0.161. The van der Waals surface area contributed by atoms with E-state index >= 15 is 0 Å². The predicted octanol–water partition coefficient (Wildman–Crippen LogP) is 4.85. The minimum Gasteiger partial charge on any atom is -0.484 e. The van der Waals surface area contributed by atoms with E-state index in [-0.39, 0.29) is 26.3 Å². The zero-order valence-electron chi connectivity index (χ0n) is 17.2. The van der Waals surface area contributed by atoms with Crippen LogP contribution in [0.25, 0.3) is 0 Å². The number of rotatable bonds is 5. The Kier molecular flexibility index (Phi) is 7.70. The van der Waals surface area contributed by atoms with Gasteiger partial charge in [-0.15, -0.1) is 0 Å². The lowest BCUT2D eigenvalue weighted by Crippen LogP contribution is -2.29. The quantitative estimate of drug-likeness (QED) is 0.696. The lowest BCUT2D eigenvalue weighted by atomic mass is 9.83. The first-order valence-electron chi connectivity index (χ1n) is 9.98. The van der Waals surface area contributed by atoms with Crippen molar-refractivity contribution in [1.29, 1.82) is 0 Å². The van der Waals surface area contributed by atoms with E-state index in [2.05, 4.69) is 41.9 Å². The molecule has 2 atom stereocenters. The predicted molar refractivity (Wildman–Crippen MR) is 121 cm³/mol. The number of aromatic nitrogens is 2. The molecule has 0 N–H and O–H groups in total. The van der Waals surface area contributed by atoms with Crippen LogP contribution in [0.3, 0.4) is 0 Å². The molecule has 6 heteroatoms. The molecule has 4 heterocycles. The molecule has 0 radical (unpaired) electrons. The van der Waals surface area contributed by atoms with E-state index in [4.69, 9.17) is 19.2 Å². The molecule has 0 amide bonds. The van der Waals surface area contributed by atoms with Gasteiger partial charge in [-0.05, 0) is 62.4 Å². The van der Waals surface area contributed by atoms with Crippen molar-refractivity contribution < 1.29 is 14.2 Å². The van der Waals surface area contributed by atoms with Crippen LogP contribution in [-0.2, 0) is 6.42 Å². The van der Waals surface area contributed by atoms with Crippen molar-refractivity contribution in [3.63, 3.8) is 0 Å². The van der Waals surface area contributed by atoms with Gasteiger partial charge in [0.2, 0.25) is 5.88 Å². The van der Waals surface area contributed by atoms with Crippen LogP contribution in [0, 0.1) is 12.3 Å². The summed E-state index contributed by atoms with van der Waals surface area (Å²) < 4.78 is 16.6. The largest absolute Gasteiger partial charge is 0.484 e. The van der Waals surface area contributed by atoms with Gasteiger partial charge in [0.25, 0.3) is 5.88 Å². The first-order chi connectivity index (χ1) is 13.5. The van der Waals surface area contributed by atoms with Gasteiger partial charge >= 0.3 is 0 Å². The van der Waals surface area contributed by atoms with Gasteiger partial charge in [0.1, 0.15) is 13.2 Å². The third-order valence-electron chi connectivity index (χ3n) is 5.82. The molecule has 4 rings (SSSR count). The Morgan fingerprint density at radius 1 is 1.17 bits per heavy atom. The Morgan fingerprint density at radius 3 is 2.70 bits per heavy atom. The van der Waals surface area contributed by atoms with Gasteiger partial charge < -0.3 is 14.2 Å². The highest BCUT2D eigenvalue weighted by molar-refractivity contribution is 5.36. The topological polar surface area (TPSA) is 56.7 Å². The van der Waals surface area contributed by atoms with Gasteiger partial charge in [-0.3, -0.25) is 4.90 Å². The van der Waals surface area contributed by atoms with E-state index in [9.17, 15) is 0 Å². The monoisotopic (exact) mass is 415 g/mol. The van der Waals surface area contributed by atoms with Crippen molar-refractivity contribution in [1.82, 2.24) is 14.9 Å².